The van der Waals surface area contributed by atoms with Crippen LogP contribution in [0, 0.1) is 5.41 Å². The molecule has 0 atom stereocenters. The summed E-state index contributed by atoms with van der Waals surface area (Å²) in [6, 6.07) is 3.50. The van der Waals surface area contributed by atoms with Gasteiger partial charge in [-0.1, -0.05) is 132 Å². The van der Waals surface area contributed by atoms with E-state index >= 15 is 0 Å². The van der Waals surface area contributed by atoms with Gasteiger partial charge in [-0.25, -0.2) is 0 Å². The summed E-state index contributed by atoms with van der Waals surface area (Å²) in [5.74, 6) is 0.269. The third-order valence-corrected chi connectivity index (χ3v) is 5.79. The number of nitrogens with zero attached hydrogens (tertiary/aromatic N) is 2. The standard InChI is InChI=1S/C21H30Cl2N2O2.C5H12.C4H10.2C2H6/c1-7-11-24(5)12-13-25(6)19(26)14-27-18-10-9-17(20(22)21(18)23)16(4)15(3)8-2;1-5(2,3)4;1-3-4-2;2*1-2/h9-10H,3-4,7-8,11-14H2,1-2,5-6H3;1-4H3;3-4H2,1-2H3;2*1-2H3. The highest BCUT2D eigenvalue weighted by molar-refractivity contribution is 6.44. The molecule has 6 heteroatoms. The summed E-state index contributed by atoms with van der Waals surface area (Å²) in [4.78, 5) is 16.1. The largest absolute Gasteiger partial charge is 0.482 e. The Balaban J connectivity index is -0.000000419. The molecule has 0 saturated heterocycles. The lowest BCUT2D eigenvalue weighted by Gasteiger charge is -2.22. The molecule has 1 aromatic carbocycles. The second-order valence-electron chi connectivity index (χ2n) is 10.6. The second-order valence-corrected chi connectivity index (χ2v) is 11.3. The lowest BCUT2D eigenvalue weighted by molar-refractivity contribution is -0.132. The van der Waals surface area contributed by atoms with E-state index in [-0.39, 0.29) is 17.5 Å². The lowest BCUT2D eigenvalue weighted by Crippen LogP contribution is -2.37. The summed E-state index contributed by atoms with van der Waals surface area (Å²) in [7, 11) is 3.81. The summed E-state index contributed by atoms with van der Waals surface area (Å²) in [6.07, 6.45) is 4.50. The van der Waals surface area contributed by atoms with E-state index in [1.54, 1.807) is 24.1 Å². The Morgan fingerprint density at radius 2 is 1.30 bits per heavy atom. The van der Waals surface area contributed by atoms with Gasteiger partial charge in [-0.05, 0) is 55.1 Å². The smallest absolute Gasteiger partial charge is 0.260 e. The molecule has 0 unspecified atom stereocenters. The molecule has 1 aromatic rings. The molecule has 0 aliphatic carbocycles. The van der Waals surface area contributed by atoms with Crippen LogP contribution in [0.3, 0.4) is 0 Å². The minimum absolute atomic E-state index is 0.0913. The Kier molecular flexibility index (Phi) is 31.5. The number of hydrogen-bond acceptors (Lipinski definition) is 3. The number of halogens is 2. The first-order valence-electron chi connectivity index (χ1n) is 15.0. The number of unbranched alkanes of at least 4 members (excludes halogenated alkanes) is 1. The van der Waals surface area contributed by atoms with Crippen molar-refractivity contribution in [2.24, 2.45) is 5.41 Å². The van der Waals surface area contributed by atoms with Gasteiger partial charge in [0, 0.05) is 25.7 Å². The second kappa shape index (κ2) is 27.7. The third-order valence-electron chi connectivity index (χ3n) is 4.92. The Bertz CT molecular complexity index is 794. The minimum atomic E-state index is -0.111. The van der Waals surface area contributed by atoms with E-state index in [1.165, 1.54) is 12.8 Å². The first-order chi connectivity index (χ1) is 18.6. The first kappa shape index (κ1) is 45.5. The van der Waals surface area contributed by atoms with Gasteiger partial charge in [0.15, 0.2) is 6.61 Å². The highest BCUT2D eigenvalue weighted by Crippen LogP contribution is 2.39. The minimum Gasteiger partial charge on any atom is -0.482 e. The van der Waals surface area contributed by atoms with Crippen molar-refractivity contribution in [2.75, 3.05) is 40.3 Å². The number of allylic oxidation sites excluding steroid dienone is 2. The van der Waals surface area contributed by atoms with Gasteiger partial charge in [-0.15, -0.1) is 0 Å². The van der Waals surface area contributed by atoms with Crippen molar-refractivity contribution in [3.63, 3.8) is 0 Å². The van der Waals surface area contributed by atoms with Crippen molar-refractivity contribution in [1.29, 1.82) is 0 Å². The molecule has 0 heterocycles. The van der Waals surface area contributed by atoms with Gasteiger partial charge in [0.25, 0.3) is 5.91 Å². The van der Waals surface area contributed by atoms with Crippen LogP contribution < -0.4 is 4.74 Å². The molecular formula is C34H64Cl2N2O2. The summed E-state index contributed by atoms with van der Waals surface area (Å²) < 4.78 is 5.60. The third kappa shape index (κ3) is 24.3. The average Bonchev–Trinajstić information content (AvgIpc) is 2.93. The van der Waals surface area contributed by atoms with Crippen LogP contribution in [0.1, 0.15) is 114 Å². The predicted molar refractivity (Wildman–Crippen MR) is 184 cm³/mol. The van der Waals surface area contributed by atoms with Gasteiger partial charge in [0.05, 0.1) is 5.02 Å². The Morgan fingerprint density at radius 1 is 0.825 bits per heavy atom. The SMILES string of the molecule is C=C(CC)C(=C)c1ccc(OCC(=O)N(C)CCN(C)CCC)c(Cl)c1Cl.CC.CC.CC(C)(C)C.CCCC. The van der Waals surface area contributed by atoms with E-state index in [0.717, 1.165) is 42.6 Å². The molecule has 236 valence electrons. The monoisotopic (exact) mass is 602 g/mol. The number of amides is 1. The Hall–Kier alpha value is -1.49. The molecule has 1 amide bonds. The number of likely N-dealkylation sites (N-methyl/N-ethyl adjacent to an activating group) is 2. The maximum atomic E-state index is 12.3. The van der Waals surface area contributed by atoms with Crippen LogP contribution in [0.25, 0.3) is 5.57 Å². The van der Waals surface area contributed by atoms with Crippen LogP contribution >= 0.6 is 23.2 Å². The molecule has 0 spiro atoms. The Morgan fingerprint density at radius 3 is 1.70 bits per heavy atom. The van der Waals surface area contributed by atoms with E-state index < -0.39 is 0 Å². The quantitative estimate of drug-likeness (QED) is 0.223. The van der Waals surface area contributed by atoms with Gasteiger partial charge in [-0.2, -0.15) is 0 Å². The molecular weight excluding hydrogens is 539 g/mol. The highest BCUT2D eigenvalue weighted by atomic mass is 35.5. The van der Waals surface area contributed by atoms with Crippen LogP contribution in [-0.4, -0.2) is 56.0 Å². The van der Waals surface area contributed by atoms with Crippen molar-refractivity contribution < 1.29 is 9.53 Å². The number of ether oxygens (including phenoxy) is 1. The lowest BCUT2D eigenvalue weighted by atomic mass is 9.99. The van der Waals surface area contributed by atoms with Crippen LogP contribution in [0.4, 0.5) is 0 Å². The summed E-state index contributed by atoms with van der Waals surface area (Å²) in [5, 5.41) is 0.633. The first-order valence-corrected chi connectivity index (χ1v) is 15.8. The molecule has 0 fully saturated rings. The zero-order valence-corrected chi connectivity index (χ0v) is 30.2. The Labute approximate surface area is 260 Å². The molecule has 0 N–H and O–H groups in total. The molecule has 0 bridgehead atoms. The van der Waals surface area contributed by atoms with Crippen LogP contribution in [0.2, 0.25) is 10.0 Å². The topological polar surface area (TPSA) is 32.8 Å². The fraction of sp³-hybridized carbons (Fsp3) is 0.676. The average molecular weight is 604 g/mol. The van der Waals surface area contributed by atoms with Crippen LogP contribution in [-0.2, 0) is 4.79 Å². The number of hydrogen-bond donors (Lipinski definition) is 0. The van der Waals surface area contributed by atoms with Gasteiger partial charge in [-0.3, -0.25) is 4.79 Å². The molecule has 40 heavy (non-hydrogen) atoms. The van der Waals surface area contributed by atoms with Crippen molar-refractivity contribution in [2.45, 2.75) is 109 Å². The zero-order valence-electron chi connectivity index (χ0n) is 28.7. The number of rotatable bonds is 12. The molecule has 0 radical (unpaired) electrons. The molecule has 1 rings (SSSR count). The van der Waals surface area contributed by atoms with Crippen LogP contribution in [0.5, 0.6) is 5.75 Å². The van der Waals surface area contributed by atoms with E-state index in [9.17, 15) is 4.79 Å². The van der Waals surface area contributed by atoms with E-state index in [2.05, 4.69) is 66.5 Å². The van der Waals surface area contributed by atoms with Crippen LogP contribution in [0.15, 0.2) is 30.9 Å². The molecule has 0 aliphatic rings. The van der Waals surface area contributed by atoms with Gasteiger partial charge >= 0.3 is 0 Å². The summed E-state index contributed by atoms with van der Waals surface area (Å²) >= 11 is 12.7. The fourth-order valence-electron chi connectivity index (χ4n) is 2.47. The molecule has 0 saturated carbocycles. The summed E-state index contributed by atoms with van der Waals surface area (Å²) in [6.45, 7) is 35.6. The van der Waals surface area contributed by atoms with E-state index in [0.29, 0.717) is 22.7 Å². The maximum absolute atomic E-state index is 12.3. The van der Waals surface area contributed by atoms with Crippen molar-refractivity contribution in [1.82, 2.24) is 9.80 Å². The normalized spacial score (nSPS) is 9.82. The van der Waals surface area contributed by atoms with Gasteiger partial charge < -0.3 is 14.5 Å². The fourth-order valence-corrected chi connectivity index (χ4v) is 2.96. The molecule has 0 aliphatic heterocycles. The predicted octanol–water partition coefficient (Wildman–Crippen LogP) is 11.1. The number of carbonyl (C=O) groups is 1. The molecule has 4 nitrogen and oxygen atoms in total. The summed E-state index contributed by atoms with van der Waals surface area (Å²) in [5.41, 5.74) is 2.87. The van der Waals surface area contributed by atoms with Crippen molar-refractivity contribution in [3.8, 4) is 5.75 Å². The van der Waals surface area contributed by atoms with Gasteiger partial charge in [0.2, 0.25) is 0 Å². The number of carbonyl (C=O) groups excluding carboxylic acids is 1. The maximum Gasteiger partial charge on any atom is 0.260 e. The highest BCUT2D eigenvalue weighted by Gasteiger charge is 2.16. The van der Waals surface area contributed by atoms with E-state index in [1.807, 2.05) is 41.7 Å². The zero-order chi connectivity index (χ0) is 32.5. The van der Waals surface area contributed by atoms with E-state index in [4.69, 9.17) is 27.9 Å². The van der Waals surface area contributed by atoms with Crippen molar-refractivity contribution in [3.05, 3.63) is 46.5 Å². The van der Waals surface area contributed by atoms with Crippen molar-refractivity contribution >= 4 is 34.7 Å². The van der Waals surface area contributed by atoms with Gasteiger partial charge in [0.1, 0.15) is 10.8 Å². The number of benzene rings is 1. The molecule has 0 aromatic heterocycles.